The van der Waals surface area contributed by atoms with Crippen molar-refractivity contribution in [3.05, 3.63) is 59.5 Å². The minimum atomic E-state index is -3.29. The van der Waals surface area contributed by atoms with Crippen molar-refractivity contribution >= 4 is 40.0 Å². The van der Waals surface area contributed by atoms with Gasteiger partial charge in [0.25, 0.3) is 0 Å². The van der Waals surface area contributed by atoms with Crippen LogP contribution < -0.4 is 15.4 Å². The first kappa shape index (κ1) is 25.4. The van der Waals surface area contributed by atoms with Crippen molar-refractivity contribution in [3.8, 4) is 0 Å². The molecule has 4 N–H and O–H groups in total. The fourth-order valence-corrected chi connectivity index (χ4v) is 3.25. The average molecular weight is 536 g/mol. The van der Waals surface area contributed by atoms with Gasteiger partial charge >= 0.3 is 0 Å². The fourth-order valence-electron chi connectivity index (χ4n) is 2.47. The lowest BCUT2D eigenvalue weighted by Crippen LogP contribution is -2.44. The van der Waals surface area contributed by atoms with Gasteiger partial charge in [0.05, 0.1) is 25.1 Å². The van der Waals surface area contributed by atoms with E-state index < -0.39 is 15.6 Å². The normalized spacial score (nSPS) is 14.0. The van der Waals surface area contributed by atoms with Gasteiger partial charge in [0.1, 0.15) is 11.4 Å². The zero-order valence-corrected chi connectivity index (χ0v) is 20.0. The van der Waals surface area contributed by atoms with Crippen molar-refractivity contribution in [1.29, 1.82) is 0 Å². The SMILES string of the molecule is CCNC(=NCc1ccc(CS(=O)(=O)NC)cc1)NCC(C)(O)c1ccco1.I. The summed E-state index contributed by atoms with van der Waals surface area (Å²) in [5.74, 6) is 0.984. The smallest absolute Gasteiger partial charge is 0.215 e. The zero-order chi connectivity index (χ0) is 20.6. The summed E-state index contributed by atoms with van der Waals surface area (Å²) in [7, 11) is -1.89. The van der Waals surface area contributed by atoms with Crippen LogP contribution in [-0.2, 0) is 27.9 Å². The zero-order valence-electron chi connectivity index (χ0n) is 16.8. The third-order valence-electron chi connectivity index (χ3n) is 4.11. The lowest BCUT2D eigenvalue weighted by Gasteiger charge is -2.22. The largest absolute Gasteiger partial charge is 0.466 e. The molecule has 0 radical (unpaired) electrons. The molecule has 0 spiro atoms. The van der Waals surface area contributed by atoms with Crippen LogP contribution in [-0.4, -0.2) is 39.6 Å². The number of nitrogens with one attached hydrogen (secondary N) is 3. The Morgan fingerprint density at radius 3 is 2.38 bits per heavy atom. The number of guanidine groups is 1. The number of halogens is 1. The number of rotatable bonds is 9. The van der Waals surface area contributed by atoms with E-state index in [9.17, 15) is 13.5 Å². The maximum Gasteiger partial charge on any atom is 0.215 e. The predicted molar refractivity (Wildman–Crippen MR) is 125 cm³/mol. The van der Waals surface area contributed by atoms with Gasteiger partial charge < -0.3 is 20.2 Å². The molecule has 0 fully saturated rings. The monoisotopic (exact) mass is 536 g/mol. The first-order valence-corrected chi connectivity index (χ1v) is 10.7. The number of hydrogen-bond acceptors (Lipinski definition) is 5. The van der Waals surface area contributed by atoms with Crippen molar-refractivity contribution < 1.29 is 17.9 Å². The number of benzene rings is 1. The summed E-state index contributed by atoms with van der Waals surface area (Å²) in [5.41, 5.74) is 0.488. The van der Waals surface area contributed by atoms with Crippen LogP contribution in [0.3, 0.4) is 0 Å². The second-order valence-corrected chi connectivity index (χ2v) is 8.51. The number of furan rings is 1. The summed E-state index contributed by atoms with van der Waals surface area (Å²) in [6.45, 7) is 4.94. The summed E-state index contributed by atoms with van der Waals surface area (Å²) in [6, 6.07) is 10.7. The number of aliphatic hydroxyl groups is 1. The van der Waals surface area contributed by atoms with Gasteiger partial charge in [-0.3, -0.25) is 0 Å². The Morgan fingerprint density at radius 2 is 1.83 bits per heavy atom. The van der Waals surface area contributed by atoms with Gasteiger partial charge in [0, 0.05) is 6.54 Å². The van der Waals surface area contributed by atoms with Crippen molar-refractivity contribution in [1.82, 2.24) is 15.4 Å². The molecular formula is C19H29IN4O4S. The Morgan fingerprint density at radius 1 is 1.17 bits per heavy atom. The molecule has 8 nitrogen and oxygen atoms in total. The second kappa shape index (κ2) is 11.5. The Hall–Kier alpha value is -1.63. The first-order valence-electron chi connectivity index (χ1n) is 9.03. The quantitative estimate of drug-likeness (QED) is 0.221. The number of aliphatic imine (C=N–C) groups is 1. The highest BCUT2D eigenvalue weighted by molar-refractivity contribution is 14.0. The Bertz CT molecular complexity index is 866. The van der Waals surface area contributed by atoms with E-state index in [1.165, 1.54) is 13.3 Å². The van der Waals surface area contributed by atoms with Gasteiger partial charge in [-0.25, -0.2) is 18.1 Å². The summed E-state index contributed by atoms with van der Waals surface area (Å²) < 4.78 is 30.8. The lowest BCUT2D eigenvalue weighted by atomic mass is 10.0. The van der Waals surface area contributed by atoms with Crippen LogP contribution in [0.15, 0.2) is 52.1 Å². The minimum Gasteiger partial charge on any atom is -0.466 e. The van der Waals surface area contributed by atoms with E-state index in [1.54, 1.807) is 31.2 Å². The van der Waals surface area contributed by atoms with Crippen LogP contribution in [0.1, 0.15) is 30.7 Å². The Kier molecular flexibility index (Phi) is 10.1. The highest BCUT2D eigenvalue weighted by Crippen LogP contribution is 2.19. The molecule has 0 aliphatic rings. The standard InChI is InChI=1S/C19H28N4O4S.HI/c1-4-21-18(23-14-19(2,24)17-6-5-11-27-17)22-12-15-7-9-16(10-8-15)13-28(25,26)20-3;/h5-11,20,24H,4,12-14H2,1-3H3,(H2,21,22,23);1H. The Balaban J connectivity index is 0.00000420. The highest BCUT2D eigenvalue weighted by Gasteiger charge is 2.26. The summed E-state index contributed by atoms with van der Waals surface area (Å²) >= 11 is 0. The first-order chi connectivity index (χ1) is 13.3. The van der Waals surface area contributed by atoms with E-state index in [0.29, 0.717) is 30.4 Å². The van der Waals surface area contributed by atoms with Crippen molar-refractivity contribution in [3.63, 3.8) is 0 Å². The molecule has 2 rings (SSSR count). The molecule has 0 amide bonds. The van der Waals surface area contributed by atoms with Crippen molar-refractivity contribution in [2.24, 2.45) is 4.99 Å². The molecule has 0 aliphatic heterocycles. The van der Waals surface area contributed by atoms with E-state index >= 15 is 0 Å². The molecule has 1 heterocycles. The van der Waals surface area contributed by atoms with Crippen LogP contribution in [0.5, 0.6) is 0 Å². The van der Waals surface area contributed by atoms with Crippen LogP contribution in [0.4, 0.5) is 0 Å². The van der Waals surface area contributed by atoms with Gasteiger partial charge in [-0.15, -0.1) is 24.0 Å². The van der Waals surface area contributed by atoms with E-state index in [0.717, 1.165) is 5.56 Å². The molecule has 0 bridgehead atoms. The van der Waals surface area contributed by atoms with Gasteiger partial charge in [0.15, 0.2) is 5.96 Å². The molecule has 29 heavy (non-hydrogen) atoms. The maximum atomic E-state index is 11.6. The van der Waals surface area contributed by atoms with E-state index in [1.807, 2.05) is 19.1 Å². The van der Waals surface area contributed by atoms with Crippen LogP contribution in [0.2, 0.25) is 0 Å². The molecule has 2 aromatic rings. The molecule has 1 atom stereocenters. The van der Waals surface area contributed by atoms with E-state index in [4.69, 9.17) is 4.42 Å². The van der Waals surface area contributed by atoms with Gasteiger partial charge in [0.2, 0.25) is 10.0 Å². The lowest BCUT2D eigenvalue weighted by molar-refractivity contribution is 0.0386. The third-order valence-corrected chi connectivity index (χ3v) is 5.44. The third kappa shape index (κ3) is 8.33. The number of sulfonamides is 1. The molecule has 0 saturated heterocycles. The summed E-state index contributed by atoms with van der Waals surface area (Å²) in [6.07, 6.45) is 1.52. The second-order valence-electron chi connectivity index (χ2n) is 6.58. The molecule has 10 heteroatoms. The molecule has 1 aromatic carbocycles. The summed E-state index contributed by atoms with van der Waals surface area (Å²) in [4.78, 5) is 4.51. The minimum absolute atomic E-state index is 0. The van der Waals surface area contributed by atoms with Crippen molar-refractivity contribution in [2.45, 2.75) is 31.7 Å². The molecule has 0 aliphatic carbocycles. The molecule has 1 aromatic heterocycles. The molecular weight excluding hydrogens is 507 g/mol. The average Bonchev–Trinajstić information content (AvgIpc) is 3.21. The molecule has 162 valence electrons. The van der Waals surface area contributed by atoms with Crippen LogP contribution in [0.25, 0.3) is 0 Å². The predicted octanol–water partition coefficient (Wildman–Crippen LogP) is 1.91. The fraction of sp³-hybridized carbons (Fsp3) is 0.421. The van der Waals surface area contributed by atoms with Gasteiger partial charge in [-0.2, -0.15) is 0 Å². The van der Waals surface area contributed by atoms with E-state index in [2.05, 4.69) is 20.3 Å². The van der Waals surface area contributed by atoms with Gasteiger partial charge in [-0.1, -0.05) is 24.3 Å². The van der Waals surface area contributed by atoms with Crippen molar-refractivity contribution in [2.75, 3.05) is 20.1 Å². The van der Waals surface area contributed by atoms with E-state index in [-0.39, 0.29) is 36.3 Å². The topological polar surface area (TPSA) is 116 Å². The molecule has 1 unspecified atom stereocenters. The summed E-state index contributed by atoms with van der Waals surface area (Å²) in [5, 5.41) is 16.8. The number of hydrogen-bond donors (Lipinski definition) is 4. The van der Waals surface area contributed by atoms with Crippen LogP contribution in [0, 0.1) is 0 Å². The maximum absolute atomic E-state index is 11.6. The molecule has 0 saturated carbocycles. The number of nitrogens with zero attached hydrogens (tertiary/aromatic N) is 1. The Labute approximate surface area is 189 Å². The van der Waals surface area contributed by atoms with Crippen LogP contribution >= 0.6 is 24.0 Å². The van der Waals surface area contributed by atoms with Gasteiger partial charge in [-0.05, 0) is 44.2 Å². The highest BCUT2D eigenvalue weighted by atomic mass is 127.